The third kappa shape index (κ3) is 2.56. The largest absolute Gasteiger partial charge is 0.378 e. The second-order valence-electron chi connectivity index (χ2n) is 5.62. The van der Waals surface area contributed by atoms with Crippen molar-refractivity contribution in [1.82, 2.24) is 9.80 Å². The van der Waals surface area contributed by atoms with E-state index in [0.29, 0.717) is 18.7 Å². The van der Waals surface area contributed by atoms with Crippen molar-refractivity contribution in [2.75, 3.05) is 37.8 Å². The molecule has 0 atom stereocenters. The molecule has 0 aliphatic carbocycles. The van der Waals surface area contributed by atoms with Crippen molar-refractivity contribution in [1.29, 1.82) is 0 Å². The van der Waals surface area contributed by atoms with E-state index >= 15 is 0 Å². The molecule has 0 bridgehead atoms. The van der Waals surface area contributed by atoms with Crippen LogP contribution in [0.25, 0.3) is 0 Å². The maximum absolute atomic E-state index is 12.4. The molecule has 6 nitrogen and oxygen atoms in total. The highest BCUT2D eigenvalue weighted by Crippen LogP contribution is 2.27. The Bertz CT molecular complexity index is 607. The van der Waals surface area contributed by atoms with Crippen LogP contribution >= 0.6 is 11.8 Å². The van der Waals surface area contributed by atoms with Crippen LogP contribution in [-0.2, 0) is 4.79 Å². The van der Waals surface area contributed by atoms with Gasteiger partial charge in [0.25, 0.3) is 11.1 Å². The molecule has 2 saturated heterocycles. The van der Waals surface area contributed by atoms with Crippen LogP contribution in [0.3, 0.4) is 0 Å². The molecule has 7 heteroatoms. The van der Waals surface area contributed by atoms with Crippen molar-refractivity contribution >= 4 is 34.5 Å². The average Bonchev–Trinajstić information content (AvgIpc) is 2.78. The molecule has 0 spiro atoms. The van der Waals surface area contributed by atoms with Crippen LogP contribution in [0.4, 0.5) is 10.5 Å². The summed E-state index contributed by atoms with van der Waals surface area (Å²) in [5, 5.41) is -0.197. The molecule has 0 unspecified atom stereocenters. The number of carbonyl (C=O) groups excluding carboxylic acids is 3. The Hall–Kier alpha value is -2.02. The predicted octanol–water partition coefficient (Wildman–Crippen LogP) is 1.27. The van der Waals surface area contributed by atoms with Gasteiger partial charge < -0.3 is 9.80 Å². The molecule has 22 heavy (non-hydrogen) atoms. The highest BCUT2D eigenvalue weighted by atomic mass is 32.2. The standard InChI is InChI=1S/C15H17N3O3S/c1-16(2)11-5-3-10(4-6-11)14(20)17-7-12(8-17)18-13(19)9-22-15(18)21/h3-6,12H,7-9H2,1-2H3. The van der Waals surface area contributed by atoms with Crippen molar-refractivity contribution in [2.24, 2.45) is 0 Å². The molecule has 3 rings (SSSR count). The molecule has 2 heterocycles. The first-order valence-corrected chi connectivity index (χ1v) is 8.01. The fraction of sp³-hybridized carbons (Fsp3) is 0.400. The lowest BCUT2D eigenvalue weighted by Gasteiger charge is -2.42. The zero-order chi connectivity index (χ0) is 15.9. The number of likely N-dealkylation sites (tertiary alicyclic amines) is 1. The van der Waals surface area contributed by atoms with E-state index in [4.69, 9.17) is 0 Å². The molecule has 3 amide bonds. The van der Waals surface area contributed by atoms with E-state index in [0.717, 1.165) is 17.4 Å². The highest BCUT2D eigenvalue weighted by molar-refractivity contribution is 8.14. The summed E-state index contributed by atoms with van der Waals surface area (Å²) in [5.41, 5.74) is 1.65. The van der Waals surface area contributed by atoms with Gasteiger partial charge in [0.15, 0.2) is 0 Å². The first-order chi connectivity index (χ1) is 10.5. The summed E-state index contributed by atoms with van der Waals surface area (Å²) < 4.78 is 0. The van der Waals surface area contributed by atoms with Gasteiger partial charge in [-0.25, -0.2) is 0 Å². The lowest BCUT2D eigenvalue weighted by Crippen LogP contribution is -2.62. The molecule has 2 fully saturated rings. The van der Waals surface area contributed by atoms with E-state index in [1.807, 2.05) is 31.1 Å². The highest BCUT2D eigenvalue weighted by Gasteiger charge is 2.43. The number of carbonyl (C=O) groups is 3. The SMILES string of the molecule is CN(C)c1ccc(C(=O)N2CC(N3C(=O)CSC3=O)C2)cc1. The minimum atomic E-state index is -0.197. The zero-order valence-electron chi connectivity index (χ0n) is 12.5. The van der Waals surface area contributed by atoms with E-state index in [-0.39, 0.29) is 28.8 Å². The molecule has 1 aromatic carbocycles. The van der Waals surface area contributed by atoms with Gasteiger partial charge in [-0.1, -0.05) is 11.8 Å². The van der Waals surface area contributed by atoms with E-state index < -0.39 is 0 Å². The minimum Gasteiger partial charge on any atom is -0.378 e. The van der Waals surface area contributed by atoms with Crippen LogP contribution in [0, 0.1) is 0 Å². The first-order valence-electron chi connectivity index (χ1n) is 7.03. The van der Waals surface area contributed by atoms with E-state index in [1.165, 1.54) is 4.90 Å². The Morgan fingerprint density at radius 3 is 2.32 bits per heavy atom. The molecule has 116 valence electrons. The van der Waals surface area contributed by atoms with E-state index in [9.17, 15) is 14.4 Å². The molecule has 0 aromatic heterocycles. The van der Waals surface area contributed by atoms with Crippen molar-refractivity contribution in [3.63, 3.8) is 0 Å². The lowest BCUT2D eigenvalue weighted by molar-refractivity contribution is -0.128. The number of thioether (sulfide) groups is 1. The van der Waals surface area contributed by atoms with Crippen molar-refractivity contribution in [3.05, 3.63) is 29.8 Å². The monoisotopic (exact) mass is 319 g/mol. The molecular weight excluding hydrogens is 302 g/mol. The maximum atomic E-state index is 12.4. The Kier molecular flexibility index (Phi) is 3.82. The first kappa shape index (κ1) is 14.9. The smallest absolute Gasteiger partial charge is 0.289 e. The summed E-state index contributed by atoms with van der Waals surface area (Å²) in [4.78, 5) is 40.5. The molecule has 0 radical (unpaired) electrons. The predicted molar refractivity (Wildman–Crippen MR) is 85.2 cm³/mol. The zero-order valence-corrected chi connectivity index (χ0v) is 13.3. The van der Waals surface area contributed by atoms with Crippen LogP contribution < -0.4 is 4.90 Å². The Morgan fingerprint density at radius 1 is 1.18 bits per heavy atom. The van der Waals surface area contributed by atoms with E-state index in [1.54, 1.807) is 17.0 Å². The Labute approximate surface area is 133 Å². The Morgan fingerprint density at radius 2 is 1.82 bits per heavy atom. The Balaban J connectivity index is 1.61. The topological polar surface area (TPSA) is 60.9 Å². The van der Waals surface area contributed by atoms with Crippen LogP contribution in [0.2, 0.25) is 0 Å². The molecule has 1 aromatic rings. The number of amides is 3. The number of nitrogens with zero attached hydrogens (tertiary/aromatic N) is 3. The second-order valence-corrected chi connectivity index (χ2v) is 6.55. The number of hydrogen-bond donors (Lipinski definition) is 0. The summed E-state index contributed by atoms with van der Waals surface area (Å²) in [6, 6.07) is 7.23. The molecule has 0 N–H and O–H groups in total. The number of rotatable bonds is 3. The van der Waals surface area contributed by atoms with Crippen LogP contribution in [0.1, 0.15) is 10.4 Å². The quantitative estimate of drug-likeness (QED) is 0.840. The third-order valence-corrected chi connectivity index (χ3v) is 4.76. The molecule has 2 aliphatic rings. The molecule has 2 aliphatic heterocycles. The van der Waals surface area contributed by atoms with Gasteiger partial charge in [-0.2, -0.15) is 0 Å². The van der Waals surface area contributed by atoms with Crippen LogP contribution in [-0.4, -0.2) is 65.8 Å². The summed E-state index contributed by atoms with van der Waals surface area (Å²) in [7, 11) is 3.89. The third-order valence-electron chi connectivity index (χ3n) is 3.93. The van der Waals surface area contributed by atoms with Crippen molar-refractivity contribution in [2.45, 2.75) is 6.04 Å². The van der Waals surface area contributed by atoms with Crippen LogP contribution in [0.5, 0.6) is 0 Å². The minimum absolute atomic E-state index is 0.0618. The number of hydrogen-bond acceptors (Lipinski definition) is 5. The van der Waals surface area contributed by atoms with Gasteiger partial charge in [-0.05, 0) is 24.3 Å². The van der Waals surface area contributed by atoms with Crippen molar-refractivity contribution in [3.8, 4) is 0 Å². The summed E-state index contributed by atoms with van der Waals surface area (Å²) >= 11 is 1.03. The van der Waals surface area contributed by atoms with Gasteiger partial charge in [0.1, 0.15) is 0 Å². The summed E-state index contributed by atoms with van der Waals surface area (Å²) in [6.45, 7) is 0.846. The molecule has 0 saturated carbocycles. The van der Waals surface area contributed by atoms with Crippen LogP contribution in [0.15, 0.2) is 24.3 Å². The fourth-order valence-corrected chi connectivity index (χ4v) is 3.36. The number of imide groups is 1. The van der Waals surface area contributed by atoms with E-state index in [2.05, 4.69) is 0 Å². The second kappa shape index (κ2) is 5.64. The van der Waals surface area contributed by atoms with Gasteiger partial charge >= 0.3 is 0 Å². The van der Waals surface area contributed by atoms with Gasteiger partial charge in [0, 0.05) is 38.4 Å². The number of benzene rings is 1. The fourth-order valence-electron chi connectivity index (χ4n) is 2.59. The summed E-state index contributed by atoms with van der Waals surface area (Å²) in [6.07, 6.45) is 0. The lowest BCUT2D eigenvalue weighted by atomic mass is 10.0. The molecular formula is C15H17N3O3S. The number of anilines is 1. The normalized spacial score (nSPS) is 18.6. The van der Waals surface area contributed by atoms with Gasteiger partial charge in [0.2, 0.25) is 5.91 Å². The van der Waals surface area contributed by atoms with Crippen molar-refractivity contribution < 1.29 is 14.4 Å². The summed E-state index contributed by atoms with van der Waals surface area (Å²) in [5.74, 6) is 0.00526. The van der Waals surface area contributed by atoms with Gasteiger partial charge in [0.05, 0.1) is 11.8 Å². The average molecular weight is 319 g/mol. The van der Waals surface area contributed by atoms with Gasteiger partial charge in [-0.15, -0.1) is 0 Å². The maximum Gasteiger partial charge on any atom is 0.289 e. The van der Waals surface area contributed by atoms with Gasteiger partial charge in [-0.3, -0.25) is 19.3 Å².